The summed E-state index contributed by atoms with van der Waals surface area (Å²) in [6.07, 6.45) is 1.05. The van der Waals surface area contributed by atoms with Gasteiger partial charge in [0.15, 0.2) is 0 Å². The van der Waals surface area contributed by atoms with Crippen LogP contribution in [-0.2, 0) is 13.3 Å². The average molecular weight is 271 g/mol. The number of hydrogen-bond donors (Lipinski definition) is 0. The van der Waals surface area contributed by atoms with E-state index in [4.69, 9.17) is 13.3 Å². The average Bonchev–Trinajstić information content (AvgIpc) is 2.24. The molecular formula is C8H21NO3S2Si. The van der Waals surface area contributed by atoms with Crippen LogP contribution in [0.3, 0.4) is 0 Å². The van der Waals surface area contributed by atoms with Gasteiger partial charge >= 0.3 is 8.80 Å². The fourth-order valence-electron chi connectivity index (χ4n) is 1.05. The zero-order chi connectivity index (χ0) is 11.7. The third kappa shape index (κ3) is 6.83. The maximum Gasteiger partial charge on any atom is 0.500 e. The molecule has 15 heavy (non-hydrogen) atoms. The first-order chi connectivity index (χ1) is 7.10. The normalized spacial score (nSPS) is 12.4. The summed E-state index contributed by atoms with van der Waals surface area (Å²) in [6, 6.07) is 0.873. The predicted molar refractivity (Wildman–Crippen MR) is 69.9 cm³/mol. The van der Waals surface area contributed by atoms with Crippen molar-refractivity contribution in [2.45, 2.75) is 12.5 Å². The van der Waals surface area contributed by atoms with E-state index in [1.54, 1.807) is 32.3 Å². The molecule has 0 N–H and O–H groups in total. The van der Waals surface area contributed by atoms with Gasteiger partial charge in [0.05, 0.1) is 0 Å². The van der Waals surface area contributed by atoms with Crippen molar-refractivity contribution in [3.8, 4) is 0 Å². The minimum absolute atomic E-state index is 0.873. The van der Waals surface area contributed by atoms with Crippen molar-refractivity contribution in [3.05, 3.63) is 0 Å². The lowest BCUT2D eigenvalue weighted by molar-refractivity contribution is 0.123. The van der Waals surface area contributed by atoms with Crippen molar-refractivity contribution in [2.24, 2.45) is 0 Å². The Morgan fingerprint density at radius 1 is 1.07 bits per heavy atom. The summed E-state index contributed by atoms with van der Waals surface area (Å²) in [5, 5.41) is 0. The molecule has 0 spiro atoms. The van der Waals surface area contributed by atoms with Gasteiger partial charge in [-0.15, -0.1) is 0 Å². The van der Waals surface area contributed by atoms with E-state index in [1.807, 2.05) is 24.9 Å². The van der Waals surface area contributed by atoms with Gasteiger partial charge in [-0.05, 0) is 31.5 Å². The maximum atomic E-state index is 5.33. The molecule has 0 heterocycles. The standard InChI is InChI=1S/C8H21NO3S2Si/c1-9(2)14-13-7-6-8-15(10-3,11-4)12-5/h6-8H2,1-5H3. The molecule has 0 aromatic rings. The highest BCUT2D eigenvalue weighted by molar-refractivity contribution is 8.75. The van der Waals surface area contributed by atoms with Gasteiger partial charge in [-0.2, -0.15) is 0 Å². The molecule has 0 radical (unpaired) electrons. The maximum absolute atomic E-state index is 5.33. The Hall–Kier alpha value is 0.757. The lowest BCUT2D eigenvalue weighted by atomic mass is 10.6. The van der Waals surface area contributed by atoms with Crippen molar-refractivity contribution in [1.82, 2.24) is 4.31 Å². The summed E-state index contributed by atoms with van der Waals surface area (Å²) in [4.78, 5) is 0. The van der Waals surface area contributed by atoms with Crippen LogP contribution in [0.15, 0.2) is 0 Å². The Kier molecular flexibility index (Phi) is 9.30. The topological polar surface area (TPSA) is 30.9 Å². The minimum atomic E-state index is -2.33. The first-order valence-corrected chi connectivity index (χ1v) is 8.93. The molecule has 0 bridgehead atoms. The van der Waals surface area contributed by atoms with E-state index in [9.17, 15) is 0 Å². The number of rotatable bonds is 9. The largest absolute Gasteiger partial charge is 0.500 e. The van der Waals surface area contributed by atoms with Crippen molar-refractivity contribution >= 4 is 30.6 Å². The molecule has 0 saturated heterocycles. The number of hydrogen-bond acceptors (Lipinski definition) is 6. The van der Waals surface area contributed by atoms with Crippen molar-refractivity contribution in [2.75, 3.05) is 41.2 Å². The molecule has 7 heteroatoms. The summed E-state index contributed by atoms with van der Waals surface area (Å²) in [5.74, 6) is 1.08. The van der Waals surface area contributed by atoms with Crippen LogP contribution in [-0.4, -0.2) is 54.3 Å². The molecule has 0 amide bonds. The van der Waals surface area contributed by atoms with Crippen molar-refractivity contribution in [3.63, 3.8) is 0 Å². The molecular weight excluding hydrogens is 250 g/mol. The summed E-state index contributed by atoms with van der Waals surface area (Å²) in [6.45, 7) is 0. The highest BCUT2D eigenvalue weighted by Gasteiger charge is 2.36. The van der Waals surface area contributed by atoms with Crippen LogP contribution < -0.4 is 0 Å². The molecule has 0 aromatic carbocycles. The zero-order valence-corrected chi connectivity index (χ0v) is 12.7. The van der Waals surface area contributed by atoms with E-state index < -0.39 is 8.80 Å². The van der Waals surface area contributed by atoms with Gasteiger partial charge in [-0.3, -0.25) is 0 Å². The molecule has 0 fully saturated rings. The number of nitrogens with zero attached hydrogens (tertiary/aromatic N) is 1. The van der Waals surface area contributed by atoms with E-state index in [0.29, 0.717) is 0 Å². The van der Waals surface area contributed by atoms with E-state index in [1.165, 1.54) is 0 Å². The summed E-state index contributed by atoms with van der Waals surface area (Å²) < 4.78 is 18.1. The SMILES string of the molecule is CO[Si](CCCSSN(C)C)(OC)OC. The van der Waals surface area contributed by atoms with E-state index >= 15 is 0 Å². The third-order valence-corrected chi connectivity index (χ3v) is 7.25. The Bertz CT molecular complexity index is 151. The lowest BCUT2D eigenvalue weighted by Gasteiger charge is -2.24. The van der Waals surface area contributed by atoms with Gasteiger partial charge in [0.25, 0.3) is 0 Å². The van der Waals surface area contributed by atoms with Gasteiger partial charge in [-0.25, -0.2) is 4.31 Å². The quantitative estimate of drug-likeness (QED) is 0.276. The fraction of sp³-hybridized carbons (Fsp3) is 1.00. The highest BCUT2D eigenvalue weighted by atomic mass is 33.1. The first kappa shape index (κ1) is 15.8. The van der Waals surface area contributed by atoms with Crippen molar-refractivity contribution in [1.29, 1.82) is 0 Å². The van der Waals surface area contributed by atoms with Gasteiger partial charge < -0.3 is 13.3 Å². The van der Waals surface area contributed by atoms with E-state index in [2.05, 4.69) is 4.31 Å². The molecule has 0 aliphatic rings. The lowest BCUT2D eigenvalue weighted by Crippen LogP contribution is -2.42. The summed E-state index contributed by atoms with van der Waals surface area (Å²) in [7, 11) is 10.3. The molecule has 0 rings (SSSR count). The van der Waals surface area contributed by atoms with Crippen LogP contribution in [0.2, 0.25) is 6.04 Å². The first-order valence-electron chi connectivity index (χ1n) is 4.72. The Labute approximate surface area is 102 Å². The van der Waals surface area contributed by atoms with Crippen molar-refractivity contribution < 1.29 is 13.3 Å². The Morgan fingerprint density at radius 3 is 2.00 bits per heavy atom. The molecule has 0 saturated carbocycles. The van der Waals surface area contributed by atoms with Gasteiger partial charge in [0.2, 0.25) is 0 Å². The Balaban J connectivity index is 3.63. The van der Waals surface area contributed by atoms with Crippen LogP contribution in [0, 0.1) is 0 Å². The van der Waals surface area contributed by atoms with Gasteiger partial charge in [0.1, 0.15) is 0 Å². The minimum Gasteiger partial charge on any atom is -0.377 e. The molecule has 0 unspecified atom stereocenters. The van der Waals surface area contributed by atoms with Gasteiger partial charge in [-0.1, -0.05) is 10.8 Å². The second kappa shape index (κ2) is 8.86. The molecule has 0 atom stereocenters. The molecule has 0 aliphatic carbocycles. The summed E-state index contributed by atoms with van der Waals surface area (Å²) >= 11 is 0. The van der Waals surface area contributed by atoms with Crippen LogP contribution in [0.4, 0.5) is 0 Å². The molecule has 0 aromatic heterocycles. The summed E-state index contributed by atoms with van der Waals surface area (Å²) in [5.41, 5.74) is 0. The zero-order valence-electron chi connectivity index (χ0n) is 10.1. The second-order valence-corrected chi connectivity index (χ2v) is 8.88. The molecule has 0 aliphatic heterocycles. The third-order valence-electron chi connectivity index (χ3n) is 1.85. The van der Waals surface area contributed by atoms with Crippen LogP contribution in [0.1, 0.15) is 6.42 Å². The predicted octanol–water partition coefficient (Wildman–Crippen LogP) is 2.11. The smallest absolute Gasteiger partial charge is 0.377 e. The van der Waals surface area contributed by atoms with E-state index in [-0.39, 0.29) is 0 Å². The van der Waals surface area contributed by atoms with Crippen LogP contribution in [0.25, 0.3) is 0 Å². The van der Waals surface area contributed by atoms with E-state index in [0.717, 1.165) is 18.2 Å². The highest BCUT2D eigenvalue weighted by Crippen LogP contribution is 2.25. The fourth-order valence-corrected chi connectivity index (χ4v) is 4.78. The van der Waals surface area contributed by atoms with Crippen LogP contribution >= 0.6 is 21.8 Å². The monoisotopic (exact) mass is 271 g/mol. The second-order valence-electron chi connectivity index (χ2n) is 3.11. The molecule has 4 nitrogen and oxygen atoms in total. The van der Waals surface area contributed by atoms with Crippen LogP contribution in [0.5, 0.6) is 0 Å². The van der Waals surface area contributed by atoms with Gasteiger partial charge in [0, 0.05) is 33.1 Å². The molecule has 92 valence electrons. The Morgan fingerprint density at radius 2 is 1.60 bits per heavy atom.